The van der Waals surface area contributed by atoms with Gasteiger partial charge in [-0.05, 0) is 30.2 Å². The van der Waals surface area contributed by atoms with Gasteiger partial charge in [-0.1, -0.05) is 6.07 Å². The van der Waals surface area contributed by atoms with Gasteiger partial charge in [0.25, 0.3) is 5.56 Å². The molecule has 0 aliphatic carbocycles. The zero-order valence-corrected chi connectivity index (χ0v) is 18.6. The second-order valence-corrected chi connectivity index (χ2v) is 7.81. The SMILES string of the molecule is COc1ccc(CCNC(=O)CSc2ccnc3c2c(=O)n(C)c(=O)n3C)cc1OC. The van der Waals surface area contributed by atoms with E-state index in [1.807, 2.05) is 18.2 Å². The van der Waals surface area contributed by atoms with Crippen molar-refractivity contribution in [3.05, 3.63) is 56.9 Å². The van der Waals surface area contributed by atoms with E-state index in [4.69, 9.17) is 9.47 Å². The monoisotopic (exact) mass is 444 g/mol. The van der Waals surface area contributed by atoms with Crippen molar-refractivity contribution in [3.63, 3.8) is 0 Å². The molecule has 2 aromatic heterocycles. The fourth-order valence-corrected chi connectivity index (χ4v) is 4.02. The number of pyridine rings is 1. The van der Waals surface area contributed by atoms with E-state index >= 15 is 0 Å². The molecule has 0 fully saturated rings. The number of amides is 1. The van der Waals surface area contributed by atoms with Crippen molar-refractivity contribution >= 4 is 28.7 Å². The molecule has 0 atom stereocenters. The number of methoxy groups -OCH3 is 2. The third kappa shape index (κ3) is 4.74. The summed E-state index contributed by atoms with van der Waals surface area (Å²) in [7, 11) is 6.14. The van der Waals surface area contributed by atoms with Crippen LogP contribution in [0.25, 0.3) is 11.0 Å². The summed E-state index contributed by atoms with van der Waals surface area (Å²) in [6.07, 6.45) is 2.16. The molecule has 0 saturated heterocycles. The van der Waals surface area contributed by atoms with Crippen LogP contribution in [0.5, 0.6) is 11.5 Å². The van der Waals surface area contributed by atoms with Crippen LogP contribution in [0.2, 0.25) is 0 Å². The summed E-state index contributed by atoms with van der Waals surface area (Å²) in [6.45, 7) is 0.461. The van der Waals surface area contributed by atoms with Crippen molar-refractivity contribution in [1.29, 1.82) is 0 Å². The van der Waals surface area contributed by atoms with Crippen LogP contribution < -0.4 is 26.0 Å². The van der Waals surface area contributed by atoms with Crippen LogP contribution in [0.3, 0.4) is 0 Å². The number of fused-ring (bicyclic) bond motifs is 1. The minimum Gasteiger partial charge on any atom is -0.493 e. The number of nitrogens with zero attached hydrogens (tertiary/aromatic N) is 3. The van der Waals surface area contributed by atoms with E-state index < -0.39 is 11.2 Å². The predicted molar refractivity (Wildman–Crippen MR) is 119 cm³/mol. The van der Waals surface area contributed by atoms with Crippen molar-refractivity contribution in [3.8, 4) is 11.5 Å². The summed E-state index contributed by atoms with van der Waals surface area (Å²) in [6, 6.07) is 7.30. The van der Waals surface area contributed by atoms with Gasteiger partial charge >= 0.3 is 5.69 Å². The zero-order valence-electron chi connectivity index (χ0n) is 17.8. The minimum atomic E-state index is -0.444. The van der Waals surface area contributed by atoms with Gasteiger partial charge in [-0.2, -0.15) is 0 Å². The molecule has 3 rings (SSSR count). The Labute approximate surface area is 183 Å². The van der Waals surface area contributed by atoms with Crippen LogP contribution in [0.15, 0.2) is 44.9 Å². The summed E-state index contributed by atoms with van der Waals surface area (Å²) in [4.78, 5) is 41.7. The topological polar surface area (TPSA) is 104 Å². The molecule has 0 spiro atoms. The van der Waals surface area contributed by atoms with Crippen LogP contribution in [-0.4, -0.2) is 46.5 Å². The van der Waals surface area contributed by atoms with E-state index in [2.05, 4.69) is 10.3 Å². The molecule has 0 unspecified atom stereocenters. The number of benzene rings is 1. The zero-order chi connectivity index (χ0) is 22.5. The van der Waals surface area contributed by atoms with E-state index in [0.29, 0.717) is 40.4 Å². The largest absolute Gasteiger partial charge is 0.493 e. The second-order valence-electron chi connectivity index (χ2n) is 6.79. The Kier molecular flexibility index (Phi) is 7.01. The Bertz CT molecular complexity index is 1230. The number of carbonyl (C=O) groups is 1. The second kappa shape index (κ2) is 9.69. The van der Waals surface area contributed by atoms with Crippen LogP contribution in [0, 0.1) is 0 Å². The molecule has 0 aliphatic rings. The molecule has 164 valence electrons. The molecule has 1 amide bonds. The number of thioether (sulfide) groups is 1. The van der Waals surface area contributed by atoms with Crippen LogP contribution in [-0.2, 0) is 25.3 Å². The summed E-state index contributed by atoms with van der Waals surface area (Å²) < 4.78 is 12.9. The van der Waals surface area contributed by atoms with E-state index in [9.17, 15) is 14.4 Å². The van der Waals surface area contributed by atoms with Crippen LogP contribution in [0.1, 0.15) is 5.56 Å². The van der Waals surface area contributed by atoms with Gasteiger partial charge in [-0.25, -0.2) is 9.78 Å². The Morgan fingerprint density at radius 1 is 1.10 bits per heavy atom. The lowest BCUT2D eigenvalue weighted by Crippen LogP contribution is -2.37. The Hall–Kier alpha value is -3.27. The summed E-state index contributed by atoms with van der Waals surface area (Å²) >= 11 is 1.24. The Balaban J connectivity index is 1.64. The van der Waals surface area contributed by atoms with Gasteiger partial charge < -0.3 is 14.8 Å². The quantitative estimate of drug-likeness (QED) is 0.519. The van der Waals surface area contributed by atoms with Crippen molar-refractivity contribution in [2.24, 2.45) is 14.1 Å². The van der Waals surface area contributed by atoms with Gasteiger partial charge in [0.15, 0.2) is 11.5 Å². The number of nitrogens with one attached hydrogen (secondary N) is 1. The third-order valence-electron chi connectivity index (χ3n) is 4.85. The smallest absolute Gasteiger partial charge is 0.332 e. The fraction of sp³-hybridized carbons (Fsp3) is 0.333. The lowest BCUT2D eigenvalue weighted by atomic mass is 10.1. The number of carbonyl (C=O) groups excluding carboxylic acids is 1. The normalized spacial score (nSPS) is 10.8. The average Bonchev–Trinajstić information content (AvgIpc) is 2.79. The molecule has 1 N–H and O–H groups in total. The highest BCUT2D eigenvalue weighted by atomic mass is 32.2. The van der Waals surface area contributed by atoms with Gasteiger partial charge in [0.05, 0.1) is 25.4 Å². The number of aryl methyl sites for hydroxylation is 1. The number of hydrogen-bond donors (Lipinski definition) is 1. The Morgan fingerprint density at radius 3 is 2.55 bits per heavy atom. The summed E-state index contributed by atoms with van der Waals surface area (Å²) in [5.41, 5.74) is 0.435. The Morgan fingerprint density at radius 2 is 1.84 bits per heavy atom. The van der Waals surface area contributed by atoms with Gasteiger partial charge in [0, 0.05) is 31.7 Å². The highest BCUT2D eigenvalue weighted by Crippen LogP contribution is 2.27. The van der Waals surface area contributed by atoms with E-state index in [1.54, 1.807) is 27.3 Å². The summed E-state index contributed by atoms with van der Waals surface area (Å²) in [5, 5.41) is 3.20. The summed E-state index contributed by atoms with van der Waals surface area (Å²) in [5.74, 6) is 1.27. The number of ether oxygens (including phenoxy) is 2. The number of aromatic nitrogens is 3. The lowest BCUT2D eigenvalue weighted by Gasteiger charge is -2.11. The molecule has 2 heterocycles. The first kappa shape index (κ1) is 22.4. The molecule has 0 aliphatic heterocycles. The first-order chi connectivity index (χ1) is 14.9. The van der Waals surface area contributed by atoms with Crippen LogP contribution in [0.4, 0.5) is 0 Å². The minimum absolute atomic E-state index is 0.136. The molecular formula is C21H24N4O5S. The van der Waals surface area contributed by atoms with Crippen molar-refractivity contribution in [2.45, 2.75) is 11.3 Å². The first-order valence-corrected chi connectivity index (χ1v) is 10.5. The standard InChI is InChI=1S/C21H24N4O5S/c1-24-19-18(20(27)25(2)21(24)28)16(8-10-23-19)31-12-17(26)22-9-7-13-5-6-14(29-3)15(11-13)30-4/h5-6,8,10-11H,7,9,12H2,1-4H3,(H,22,26). The third-order valence-corrected chi connectivity index (χ3v) is 5.90. The maximum Gasteiger partial charge on any atom is 0.332 e. The maximum atomic E-state index is 12.6. The molecule has 3 aromatic rings. The molecular weight excluding hydrogens is 420 g/mol. The highest BCUT2D eigenvalue weighted by Gasteiger charge is 2.14. The number of hydrogen-bond acceptors (Lipinski definition) is 7. The highest BCUT2D eigenvalue weighted by molar-refractivity contribution is 8.00. The molecule has 0 radical (unpaired) electrons. The fourth-order valence-electron chi connectivity index (χ4n) is 3.16. The number of rotatable bonds is 8. The maximum absolute atomic E-state index is 12.6. The van der Waals surface area contributed by atoms with Gasteiger partial charge in [-0.15, -0.1) is 11.8 Å². The lowest BCUT2D eigenvalue weighted by molar-refractivity contribution is -0.118. The van der Waals surface area contributed by atoms with E-state index in [1.165, 1.54) is 29.6 Å². The molecule has 31 heavy (non-hydrogen) atoms. The van der Waals surface area contributed by atoms with Gasteiger partial charge in [0.1, 0.15) is 5.65 Å². The molecule has 0 saturated carbocycles. The van der Waals surface area contributed by atoms with Crippen molar-refractivity contribution in [2.75, 3.05) is 26.5 Å². The van der Waals surface area contributed by atoms with Gasteiger partial charge in [-0.3, -0.25) is 18.7 Å². The first-order valence-electron chi connectivity index (χ1n) is 9.52. The van der Waals surface area contributed by atoms with Crippen LogP contribution >= 0.6 is 11.8 Å². The van der Waals surface area contributed by atoms with Gasteiger partial charge in [0.2, 0.25) is 5.91 Å². The molecule has 1 aromatic carbocycles. The molecule has 0 bridgehead atoms. The molecule has 9 nitrogen and oxygen atoms in total. The average molecular weight is 445 g/mol. The predicted octanol–water partition coefficient (Wildman–Crippen LogP) is 1.10. The van der Waals surface area contributed by atoms with E-state index in [0.717, 1.165) is 10.1 Å². The van der Waals surface area contributed by atoms with Crippen molar-refractivity contribution in [1.82, 2.24) is 19.4 Å². The van der Waals surface area contributed by atoms with Crippen molar-refractivity contribution < 1.29 is 14.3 Å². The molecule has 10 heteroatoms. The van der Waals surface area contributed by atoms with E-state index in [-0.39, 0.29) is 11.7 Å².